The van der Waals surface area contributed by atoms with Crippen LogP contribution in [0.3, 0.4) is 0 Å². The summed E-state index contributed by atoms with van der Waals surface area (Å²) in [6.07, 6.45) is 4.21. The lowest BCUT2D eigenvalue weighted by atomic mass is 9.95. The highest BCUT2D eigenvalue weighted by Crippen LogP contribution is 2.22. The number of nitrogens with zero attached hydrogens (tertiary/aromatic N) is 3. The van der Waals surface area contributed by atoms with E-state index >= 15 is 0 Å². The predicted octanol–water partition coefficient (Wildman–Crippen LogP) is 1.54. The van der Waals surface area contributed by atoms with E-state index < -0.39 is 11.5 Å². The average Bonchev–Trinajstić information content (AvgIpc) is 3.03. The first-order chi connectivity index (χ1) is 11.6. The van der Waals surface area contributed by atoms with Crippen molar-refractivity contribution in [2.24, 2.45) is 11.8 Å². The van der Waals surface area contributed by atoms with Gasteiger partial charge in [0.2, 0.25) is 11.8 Å². The Morgan fingerprint density at radius 3 is 2.40 bits per heavy atom. The van der Waals surface area contributed by atoms with Crippen molar-refractivity contribution in [2.75, 3.05) is 18.4 Å². The molecule has 2 heterocycles. The molecule has 0 atom stereocenters. The van der Waals surface area contributed by atoms with Crippen molar-refractivity contribution >= 4 is 23.5 Å². The topological polar surface area (TPSA) is 105 Å². The van der Waals surface area contributed by atoms with Gasteiger partial charge in [-0.15, -0.1) is 0 Å². The van der Waals surface area contributed by atoms with Crippen LogP contribution in [0.1, 0.15) is 40.5 Å². The number of anilines is 1. The molecule has 1 aromatic heterocycles. The zero-order valence-electron chi connectivity index (χ0n) is 15.2. The highest BCUT2D eigenvalue weighted by molar-refractivity contribution is 5.92. The second-order valence-corrected chi connectivity index (χ2v) is 7.28. The molecule has 8 nitrogen and oxygen atoms in total. The highest BCUT2D eigenvalue weighted by Gasteiger charge is 2.31. The van der Waals surface area contributed by atoms with E-state index in [1.807, 2.05) is 18.7 Å². The summed E-state index contributed by atoms with van der Waals surface area (Å²) in [6, 6.07) is 0. The maximum Gasteiger partial charge on any atom is 0.331 e. The molecule has 1 aliphatic heterocycles. The number of carboxylic acid groups (broad SMARTS) is 1. The van der Waals surface area contributed by atoms with Crippen LogP contribution in [0.15, 0.2) is 12.4 Å². The average molecular weight is 350 g/mol. The first-order valence-electron chi connectivity index (χ1n) is 8.51. The van der Waals surface area contributed by atoms with Gasteiger partial charge < -0.3 is 15.3 Å². The quantitative estimate of drug-likeness (QED) is 0.838. The van der Waals surface area contributed by atoms with E-state index in [-0.39, 0.29) is 23.7 Å². The molecule has 0 saturated carbocycles. The molecule has 8 heteroatoms. The zero-order chi connectivity index (χ0) is 18.8. The van der Waals surface area contributed by atoms with E-state index in [0.29, 0.717) is 31.6 Å². The van der Waals surface area contributed by atoms with Crippen molar-refractivity contribution in [3.63, 3.8) is 0 Å². The number of nitrogens with one attached hydrogen (secondary N) is 1. The second kappa shape index (κ2) is 7.25. The summed E-state index contributed by atoms with van der Waals surface area (Å²) in [5.74, 6) is -1.20. The lowest BCUT2D eigenvalue weighted by Crippen LogP contribution is -2.43. The first kappa shape index (κ1) is 19.0. The van der Waals surface area contributed by atoms with Crippen molar-refractivity contribution in [3.05, 3.63) is 12.4 Å². The Morgan fingerprint density at radius 1 is 1.28 bits per heavy atom. The summed E-state index contributed by atoms with van der Waals surface area (Å²) in [7, 11) is 0. The van der Waals surface area contributed by atoms with Gasteiger partial charge in [-0.3, -0.25) is 14.3 Å². The van der Waals surface area contributed by atoms with Gasteiger partial charge in [-0.05, 0) is 26.7 Å². The molecule has 1 aliphatic rings. The number of aliphatic carboxylic acids is 1. The fraction of sp³-hybridized carbons (Fsp3) is 0.647. The monoisotopic (exact) mass is 350 g/mol. The Kier molecular flexibility index (Phi) is 5.49. The van der Waals surface area contributed by atoms with Crippen LogP contribution in [-0.4, -0.2) is 50.7 Å². The molecule has 0 unspecified atom stereocenters. The summed E-state index contributed by atoms with van der Waals surface area (Å²) < 4.78 is 1.31. The summed E-state index contributed by atoms with van der Waals surface area (Å²) in [4.78, 5) is 37.4. The molecule has 0 spiro atoms. The van der Waals surface area contributed by atoms with Crippen molar-refractivity contribution in [3.8, 4) is 0 Å². The van der Waals surface area contributed by atoms with Crippen LogP contribution in [0, 0.1) is 11.8 Å². The van der Waals surface area contributed by atoms with Crippen molar-refractivity contribution in [2.45, 2.75) is 46.1 Å². The number of carboxylic acids is 1. The number of hydrogen-bond acceptors (Lipinski definition) is 4. The first-order valence-corrected chi connectivity index (χ1v) is 8.51. The summed E-state index contributed by atoms with van der Waals surface area (Å²) in [5.41, 5.74) is -0.717. The van der Waals surface area contributed by atoms with Gasteiger partial charge in [-0.1, -0.05) is 13.8 Å². The van der Waals surface area contributed by atoms with Gasteiger partial charge in [0.05, 0.1) is 11.9 Å². The number of hydrogen-bond donors (Lipinski definition) is 2. The number of carbonyl (C=O) groups excluding carboxylic acids is 2. The third kappa shape index (κ3) is 4.18. The van der Waals surface area contributed by atoms with Crippen LogP contribution in [0.2, 0.25) is 0 Å². The molecular formula is C17H26N4O4. The van der Waals surface area contributed by atoms with Gasteiger partial charge in [-0.2, -0.15) is 5.10 Å². The van der Waals surface area contributed by atoms with Crippen molar-refractivity contribution < 1.29 is 19.5 Å². The second-order valence-electron chi connectivity index (χ2n) is 7.28. The molecule has 1 aromatic rings. The summed E-state index contributed by atoms with van der Waals surface area (Å²) in [5, 5.41) is 16.0. The van der Waals surface area contributed by atoms with Gasteiger partial charge in [0.25, 0.3) is 0 Å². The number of rotatable bonds is 5. The fourth-order valence-electron chi connectivity index (χ4n) is 2.76. The Hall–Kier alpha value is -2.38. The van der Waals surface area contributed by atoms with E-state index in [2.05, 4.69) is 10.4 Å². The normalized spacial score (nSPS) is 16.1. The molecule has 0 bridgehead atoms. The number of piperidine rings is 1. The third-order valence-electron chi connectivity index (χ3n) is 4.62. The molecule has 1 saturated heterocycles. The van der Waals surface area contributed by atoms with Crippen molar-refractivity contribution in [1.29, 1.82) is 0 Å². The Bertz CT molecular complexity index is 657. The summed E-state index contributed by atoms with van der Waals surface area (Å²) in [6.45, 7) is 7.99. The third-order valence-corrected chi connectivity index (χ3v) is 4.62. The molecule has 0 aliphatic carbocycles. The molecule has 2 amide bonds. The van der Waals surface area contributed by atoms with Crippen molar-refractivity contribution in [1.82, 2.24) is 14.7 Å². The van der Waals surface area contributed by atoms with Gasteiger partial charge in [0, 0.05) is 31.1 Å². The standard InChI is InChI=1S/C17H26N4O4/c1-11(2)15(23)20-7-5-12(6-8-20)14(22)19-13-9-18-21(10-13)17(3,4)16(24)25/h9-12H,5-8H2,1-4H3,(H,19,22)(H,24,25). The Labute approximate surface area is 147 Å². The SMILES string of the molecule is CC(C)C(=O)N1CCC(C(=O)Nc2cnn(C(C)(C)C(=O)O)c2)CC1. The lowest BCUT2D eigenvalue weighted by Gasteiger charge is -2.32. The molecule has 1 fully saturated rings. The van der Waals surface area contributed by atoms with Gasteiger partial charge in [-0.25, -0.2) is 4.79 Å². The fourth-order valence-corrected chi connectivity index (χ4v) is 2.76. The predicted molar refractivity (Wildman–Crippen MR) is 92.0 cm³/mol. The molecule has 0 aromatic carbocycles. The van der Waals surface area contributed by atoms with Crippen LogP contribution < -0.4 is 5.32 Å². The van der Waals surface area contributed by atoms with E-state index in [1.165, 1.54) is 30.9 Å². The minimum atomic E-state index is -1.19. The molecular weight excluding hydrogens is 324 g/mol. The van der Waals surface area contributed by atoms with Gasteiger partial charge >= 0.3 is 5.97 Å². The number of aromatic nitrogens is 2. The molecule has 2 N–H and O–H groups in total. The van der Waals surface area contributed by atoms with Crippen LogP contribution in [0.4, 0.5) is 5.69 Å². The van der Waals surface area contributed by atoms with Crippen LogP contribution in [-0.2, 0) is 19.9 Å². The van der Waals surface area contributed by atoms with Gasteiger partial charge in [0.1, 0.15) is 0 Å². The summed E-state index contributed by atoms with van der Waals surface area (Å²) >= 11 is 0. The lowest BCUT2D eigenvalue weighted by molar-refractivity contribution is -0.146. The van der Waals surface area contributed by atoms with E-state index in [1.54, 1.807) is 0 Å². The number of amides is 2. The Balaban J connectivity index is 1.93. The smallest absolute Gasteiger partial charge is 0.331 e. The Morgan fingerprint density at radius 2 is 1.88 bits per heavy atom. The molecule has 25 heavy (non-hydrogen) atoms. The largest absolute Gasteiger partial charge is 0.479 e. The molecule has 0 radical (unpaired) electrons. The number of likely N-dealkylation sites (tertiary alicyclic amines) is 1. The van der Waals surface area contributed by atoms with Crippen LogP contribution >= 0.6 is 0 Å². The van der Waals surface area contributed by atoms with E-state index in [4.69, 9.17) is 0 Å². The maximum atomic E-state index is 12.4. The van der Waals surface area contributed by atoms with Gasteiger partial charge in [0.15, 0.2) is 5.54 Å². The van der Waals surface area contributed by atoms with Crippen LogP contribution in [0.5, 0.6) is 0 Å². The highest BCUT2D eigenvalue weighted by atomic mass is 16.4. The minimum absolute atomic E-state index is 0.0335. The number of carbonyl (C=O) groups is 3. The maximum absolute atomic E-state index is 12.4. The molecule has 2 rings (SSSR count). The van der Waals surface area contributed by atoms with E-state index in [9.17, 15) is 19.5 Å². The zero-order valence-corrected chi connectivity index (χ0v) is 15.2. The molecule has 138 valence electrons. The minimum Gasteiger partial charge on any atom is -0.479 e. The van der Waals surface area contributed by atoms with E-state index in [0.717, 1.165) is 0 Å². The van der Waals surface area contributed by atoms with Crippen LogP contribution in [0.25, 0.3) is 0 Å².